The molecule has 0 saturated heterocycles. The van der Waals surface area contributed by atoms with Gasteiger partial charge in [-0.15, -0.1) is 11.3 Å². The van der Waals surface area contributed by atoms with Crippen LogP contribution in [0.1, 0.15) is 21.0 Å². The molecule has 8 heteroatoms. The number of thiophene rings is 1. The molecule has 1 aromatic carbocycles. The standard InChI is InChI=1S/C17H17FN2O3S2/c1-9-10(2)19-23-16(9)15-11(3)24-12(4)17(15)25(21,22)20-14-7-5-6-13(18)8-14/h5-8,20H,1-4H3. The highest BCUT2D eigenvalue weighted by Gasteiger charge is 2.29. The van der Waals surface area contributed by atoms with Gasteiger partial charge in [0.15, 0.2) is 5.76 Å². The lowest BCUT2D eigenvalue weighted by Gasteiger charge is -2.10. The van der Waals surface area contributed by atoms with Gasteiger partial charge in [-0.2, -0.15) is 0 Å². The van der Waals surface area contributed by atoms with Gasteiger partial charge < -0.3 is 4.52 Å². The first-order valence-corrected chi connectivity index (χ1v) is 9.82. The molecule has 0 fully saturated rings. The van der Waals surface area contributed by atoms with E-state index in [1.54, 1.807) is 13.8 Å². The Balaban J connectivity index is 2.15. The molecule has 132 valence electrons. The van der Waals surface area contributed by atoms with E-state index in [9.17, 15) is 12.8 Å². The van der Waals surface area contributed by atoms with Crippen LogP contribution in [-0.4, -0.2) is 13.6 Å². The van der Waals surface area contributed by atoms with Gasteiger partial charge in [-0.3, -0.25) is 4.72 Å². The summed E-state index contributed by atoms with van der Waals surface area (Å²) in [5.41, 5.74) is 2.17. The maximum atomic E-state index is 13.4. The molecule has 3 rings (SSSR count). The van der Waals surface area contributed by atoms with Crippen molar-refractivity contribution in [2.45, 2.75) is 32.6 Å². The second-order valence-electron chi connectivity index (χ2n) is 5.76. The zero-order valence-electron chi connectivity index (χ0n) is 14.2. The number of nitrogens with zero attached hydrogens (tertiary/aromatic N) is 1. The van der Waals surface area contributed by atoms with Crippen molar-refractivity contribution < 1.29 is 17.3 Å². The van der Waals surface area contributed by atoms with Crippen LogP contribution >= 0.6 is 11.3 Å². The number of anilines is 1. The number of aryl methyl sites for hydroxylation is 3. The van der Waals surface area contributed by atoms with Crippen LogP contribution in [0.2, 0.25) is 0 Å². The Bertz CT molecular complexity index is 1050. The third-order valence-corrected chi connectivity index (χ3v) is 6.64. The number of nitrogens with one attached hydrogen (secondary N) is 1. The van der Waals surface area contributed by atoms with E-state index < -0.39 is 15.8 Å². The quantitative estimate of drug-likeness (QED) is 0.719. The predicted molar refractivity (Wildman–Crippen MR) is 96.0 cm³/mol. The lowest BCUT2D eigenvalue weighted by atomic mass is 10.1. The third-order valence-electron chi connectivity index (χ3n) is 3.93. The summed E-state index contributed by atoms with van der Waals surface area (Å²) >= 11 is 1.37. The molecule has 0 spiro atoms. The molecule has 1 N–H and O–H groups in total. The molecule has 0 unspecified atom stereocenters. The van der Waals surface area contributed by atoms with E-state index in [2.05, 4.69) is 9.88 Å². The normalized spacial score (nSPS) is 11.7. The number of halogens is 1. The second kappa shape index (κ2) is 6.27. The molecule has 5 nitrogen and oxygen atoms in total. The van der Waals surface area contributed by atoms with Crippen molar-refractivity contribution in [3.8, 4) is 11.3 Å². The fourth-order valence-corrected chi connectivity index (χ4v) is 5.56. The van der Waals surface area contributed by atoms with E-state index in [-0.39, 0.29) is 10.6 Å². The lowest BCUT2D eigenvalue weighted by molar-refractivity contribution is 0.426. The smallest absolute Gasteiger partial charge is 0.263 e. The van der Waals surface area contributed by atoms with E-state index in [4.69, 9.17) is 4.52 Å². The highest BCUT2D eigenvalue weighted by Crippen LogP contribution is 2.41. The van der Waals surface area contributed by atoms with Gasteiger partial charge in [0.2, 0.25) is 0 Å². The minimum absolute atomic E-state index is 0.138. The van der Waals surface area contributed by atoms with Crippen molar-refractivity contribution >= 4 is 27.0 Å². The average Bonchev–Trinajstić information content (AvgIpc) is 2.98. The van der Waals surface area contributed by atoms with Crippen molar-refractivity contribution in [1.82, 2.24) is 5.16 Å². The molecule has 2 heterocycles. The molecule has 0 radical (unpaired) electrons. The number of sulfonamides is 1. The first-order valence-electron chi connectivity index (χ1n) is 7.52. The van der Waals surface area contributed by atoms with E-state index in [0.29, 0.717) is 21.9 Å². The fourth-order valence-electron chi connectivity index (χ4n) is 2.66. The molecular formula is C17H17FN2O3S2. The Morgan fingerprint density at radius 3 is 2.48 bits per heavy atom. The van der Waals surface area contributed by atoms with Crippen LogP contribution < -0.4 is 4.72 Å². The van der Waals surface area contributed by atoms with Crippen LogP contribution in [0.3, 0.4) is 0 Å². The van der Waals surface area contributed by atoms with Crippen molar-refractivity contribution in [3.63, 3.8) is 0 Å². The molecule has 2 aromatic heterocycles. The Morgan fingerprint density at radius 2 is 1.88 bits per heavy atom. The molecule has 0 amide bonds. The summed E-state index contributed by atoms with van der Waals surface area (Å²) in [5.74, 6) is -0.0701. The van der Waals surface area contributed by atoms with Gasteiger partial charge in [0, 0.05) is 15.3 Å². The van der Waals surface area contributed by atoms with Crippen molar-refractivity contribution in [2.75, 3.05) is 4.72 Å². The van der Waals surface area contributed by atoms with E-state index in [0.717, 1.165) is 16.5 Å². The molecule has 0 atom stereocenters. The minimum Gasteiger partial charge on any atom is -0.356 e. The van der Waals surface area contributed by atoms with Gasteiger partial charge in [-0.25, -0.2) is 12.8 Å². The molecule has 3 aromatic rings. The third kappa shape index (κ3) is 3.19. The maximum Gasteiger partial charge on any atom is 0.263 e. The number of rotatable bonds is 4. The maximum absolute atomic E-state index is 13.4. The Kier molecular flexibility index (Phi) is 4.42. The number of benzene rings is 1. The first kappa shape index (κ1) is 17.6. The van der Waals surface area contributed by atoms with Crippen molar-refractivity contribution in [2.24, 2.45) is 0 Å². The first-order chi connectivity index (χ1) is 11.7. The molecule has 0 bridgehead atoms. The fraction of sp³-hybridized carbons (Fsp3) is 0.235. The SMILES string of the molecule is Cc1noc(-c2c(C)sc(C)c2S(=O)(=O)Nc2cccc(F)c2)c1C. The summed E-state index contributed by atoms with van der Waals surface area (Å²) in [6.45, 7) is 7.21. The molecule has 0 aliphatic heterocycles. The van der Waals surface area contributed by atoms with Gasteiger partial charge in [0.05, 0.1) is 16.9 Å². The van der Waals surface area contributed by atoms with E-state index >= 15 is 0 Å². The van der Waals surface area contributed by atoms with Crippen molar-refractivity contribution in [1.29, 1.82) is 0 Å². The summed E-state index contributed by atoms with van der Waals surface area (Å²) < 4.78 is 47.1. The van der Waals surface area contributed by atoms with Crippen LogP contribution in [0.25, 0.3) is 11.3 Å². The zero-order valence-corrected chi connectivity index (χ0v) is 15.8. The Morgan fingerprint density at radius 1 is 1.16 bits per heavy atom. The van der Waals surface area contributed by atoms with E-state index in [1.807, 2.05) is 13.8 Å². The highest BCUT2D eigenvalue weighted by atomic mass is 32.2. The van der Waals surface area contributed by atoms with Crippen LogP contribution in [0.15, 0.2) is 33.7 Å². The van der Waals surface area contributed by atoms with Gasteiger partial charge >= 0.3 is 0 Å². The van der Waals surface area contributed by atoms with Crippen molar-refractivity contribution in [3.05, 3.63) is 51.1 Å². The lowest BCUT2D eigenvalue weighted by Crippen LogP contribution is -2.14. The summed E-state index contributed by atoms with van der Waals surface area (Å²) in [6, 6.07) is 5.34. The van der Waals surface area contributed by atoms with Crippen LogP contribution in [0.5, 0.6) is 0 Å². The summed E-state index contributed by atoms with van der Waals surface area (Å²) in [7, 11) is -3.92. The van der Waals surface area contributed by atoms with Crippen LogP contribution in [0, 0.1) is 33.5 Å². The summed E-state index contributed by atoms with van der Waals surface area (Å²) in [4.78, 5) is 1.58. The topological polar surface area (TPSA) is 72.2 Å². The van der Waals surface area contributed by atoms with Crippen LogP contribution in [-0.2, 0) is 10.0 Å². The minimum atomic E-state index is -3.92. The second-order valence-corrected chi connectivity index (χ2v) is 8.80. The number of aromatic nitrogens is 1. The van der Waals surface area contributed by atoms with Gasteiger partial charge in [0.1, 0.15) is 10.7 Å². The Hall–Kier alpha value is -2.19. The summed E-state index contributed by atoms with van der Waals surface area (Å²) in [6.07, 6.45) is 0. The molecule has 0 aliphatic rings. The number of hydrogen-bond acceptors (Lipinski definition) is 5. The monoisotopic (exact) mass is 380 g/mol. The molecular weight excluding hydrogens is 363 g/mol. The zero-order chi connectivity index (χ0) is 18.4. The molecule has 25 heavy (non-hydrogen) atoms. The molecule has 0 saturated carbocycles. The van der Waals surface area contributed by atoms with Gasteiger partial charge in [0.25, 0.3) is 10.0 Å². The summed E-state index contributed by atoms with van der Waals surface area (Å²) in [5, 5.41) is 3.93. The number of hydrogen-bond donors (Lipinski definition) is 1. The van der Waals surface area contributed by atoms with Gasteiger partial charge in [-0.05, 0) is 45.9 Å². The largest absolute Gasteiger partial charge is 0.356 e. The average molecular weight is 380 g/mol. The molecule has 0 aliphatic carbocycles. The Labute approximate surface area is 149 Å². The van der Waals surface area contributed by atoms with E-state index in [1.165, 1.54) is 29.5 Å². The predicted octanol–water partition coefficient (Wildman–Crippen LogP) is 4.58. The van der Waals surface area contributed by atoms with Gasteiger partial charge in [-0.1, -0.05) is 11.2 Å². The highest BCUT2D eigenvalue weighted by molar-refractivity contribution is 7.93. The van der Waals surface area contributed by atoms with Crippen LogP contribution in [0.4, 0.5) is 10.1 Å².